The number of benzene rings is 3. The van der Waals surface area contributed by atoms with Gasteiger partial charge in [0.15, 0.2) is 23.8 Å². The van der Waals surface area contributed by atoms with Crippen LogP contribution in [0.2, 0.25) is 0 Å². The molecule has 19 nitrogen and oxygen atoms in total. The quantitative estimate of drug-likeness (QED) is 0.0253. The summed E-state index contributed by atoms with van der Waals surface area (Å²) >= 11 is 0. The van der Waals surface area contributed by atoms with Crippen molar-refractivity contribution in [2.45, 2.75) is 230 Å². The Hall–Kier alpha value is -6.51. The van der Waals surface area contributed by atoms with Crippen molar-refractivity contribution in [3.8, 4) is 0 Å². The van der Waals surface area contributed by atoms with E-state index in [2.05, 4.69) is 12.2 Å². The highest BCUT2D eigenvalue weighted by Gasteiger charge is 2.78. The van der Waals surface area contributed by atoms with E-state index in [1.165, 1.54) is 103 Å². The fourth-order valence-corrected chi connectivity index (χ4v) is 14.0. The average molecular weight is 1220 g/mol. The molecule has 0 radical (unpaired) electrons. The maximum Gasteiger partial charge on any atom is 0.509 e. The second kappa shape index (κ2) is 30.3. The molecule has 2 aliphatic heterocycles. The normalized spacial score (nSPS) is 28.4. The monoisotopic (exact) mass is 1220 g/mol. The third kappa shape index (κ3) is 15.2. The van der Waals surface area contributed by atoms with Gasteiger partial charge in [0.05, 0.1) is 36.2 Å². The van der Waals surface area contributed by atoms with Gasteiger partial charge in [0.2, 0.25) is 6.10 Å². The van der Waals surface area contributed by atoms with E-state index < -0.39 is 131 Å². The minimum absolute atomic E-state index is 0.0421. The molecule has 19 heteroatoms. The van der Waals surface area contributed by atoms with E-state index in [4.69, 9.17) is 42.6 Å². The average Bonchev–Trinajstić information content (AvgIpc) is 0.817. The summed E-state index contributed by atoms with van der Waals surface area (Å²) in [6.07, 6.45) is 5.83. The zero-order chi connectivity index (χ0) is 63.2. The van der Waals surface area contributed by atoms with Gasteiger partial charge in [-0.3, -0.25) is 19.2 Å². The minimum Gasteiger partial charge on any atom is -0.455 e. The lowest BCUT2D eigenvalue weighted by Crippen LogP contribution is -2.82. The standard InChI is InChI=1S/C69H91NO18/c1-8-9-10-11-12-13-14-15-16-17-18-19-20-21-31-38-54-80-41-50(84-54)42-81-65(78)86-58(56(47-32-25-22-26-33-47)70-62(75)48-34-27-23-28-35-48)64(77)85-51-40-69(79)61(87-63(76)49-36-29-24-30-37-49)59-67(7,52(73)39-53-68(59,43-82-53)88-46(4)72)60(74)57(83-45(3)71)55(44(51)2)66(69,5)6/h22-30,32-37,50-54,56-59,61,73,79H,8-21,31,38-43H2,1-7H3,(H,70,75)/t50-,51+,52+,53-,54?,56+,57-,58-,59+,61+,67-,68+,69-/m1/s1. The van der Waals surface area contributed by atoms with Crippen LogP contribution in [0.3, 0.4) is 0 Å². The number of carbonyl (C=O) groups excluding carboxylic acids is 7. The number of rotatable bonds is 29. The van der Waals surface area contributed by atoms with Gasteiger partial charge in [-0.2, -0.15) is 0 Å². The minimum atomic E-state index is -2.49. The summed E-state index contributed by atoms with van der Waals surface area (Å²) in [5.74, 6) is -7.12. The van der Waals surface area contributed by atoms with Crippen LogP contribution in [0.15, 0.2) is 102 Å². The maximum atomic E-state index is 15.9. The number of unbranched alkanes of at least 4 members (excludes halogenated alkanes) is 14. The van der Waals surface area contributed by atoms with E-state index >= 15 is 9.59 Å². The molecule has 3 aliphatic carbocycles. The number of amides is 1. The number of Topliss-reactive ketones (excluding diaryl/α,β-unsaturated/α-hetero) is 1. The first-order valence-corrected chi connectivity index (χ1v) is 31.8. The van der Waals surface area contributed by atoms with Crippen molar-refractivity contribution in [3.05, 3.63) is 119 Å². The molecule has 480 valence electrons. The number of aliphatic hydroxyl groups excluding tert-OH is 1. The summed E-state index contributed by atoms with van der Waals surface area (Å²) in [6.45, 7) is 9.97. The zero-order valence-corrected chi connectivity index (χ0v) is 52.2. The van der Waals surface area contributed by atoms with Crippen LogP contribution in [0.5, 0.6) is 0 Å². The van der Waals surface area contributed by atoms with Crippen LogP contribution in [-0.4, -0.2) is 132 Å². The van der Waals surface area contributed by atoms with Crippen molar-refractivity contribution in [3.63, 3.8) is 0 Å². The Kier molecular flexibility index (Phi) is 23.2. The number of carbonyl (C=O) groups is 7. The molecule has 3 N–H and O–H groups in total. The van der Waals surface area contributed by atoms with Gasteiger partial charge in [0, 0.05) is 37.7 Å². The lowest BCUT2D eigenvalue weighted by atomic mass is 9.44. The van der Waals surface area contributed by atoms with Crippen molar-refractivity contribution in [1.82, 2.24) is 5.32 Å². The SMILES string of the molecule is CCCCCCCCCCCCCCCCCC1OC[C@H](COC(=O)O[C@@H](C(=O)O[C@H]2C[C@@]3(O)[C@@H](OC(=O)c4ccccc4)[C@@H]4[C@]5(OC(C)=O)CO[C@@H]5C[C@H](O)[C@@]4(C)C(=O)[C@H](OC(C)=O)C(=C2C)C3(C)C)[C@@H](NC(=O)c2ccccc2)c2ccccc2)O1. The Morgan fingerprint density at radius 3 is 1.84 bits per heavy atom. The summed E-state index contributed by atoms with van der Waals surface area (Å²) < 4.78 is 54.8. The van der Waals surface area contributed by atoms with E-state index in [9.17, 15) is 34.2 Å². The highest BCUT2D eigenvalue weighted by Crippen LogP contribution is 2.64. The topological polar surface area (TPSA) is 255 Å². The second-order valence-electron chi connectivity index (χ2n) is 25.3. The van der Waals surface area contributed by atoms with Crippen LogP contribution in [0.25, 0.3) is 0 Å². The number of fused-ring (bicyclic) bond motifs is 5. The van der Waals surface area contributed by atoms with Gasteiger partial charge in [-0.25, -0.2) is 14.4 Å². The molecule has 0 aromatic heterocycles. The van der Waals surface area contributed by atoms with Gasteiger partial charge in [0.1, 0.15) is 42.7 Å². The van der Waals surface area contributed by atoms with Crippen molar-refractivity contribution < 1.29 is 86.4 Å². The predicted octanol–water partition coefficient (Wildman–Crippen LogP) is 10.9. The van der Waals surface area contributed by atoms with Gasteiger partial charge in [-0.1, -0.05) is 177 Å². The summed E-state index contributed by atoms with van der Waals surface area (Å²) in [6, 6.07) is 22.8. The van der Waals surface area contributed by atoms with Crippen LogP contribution < -0.4 is 5.32 Å². The number of hydrogen-bond donors (Lipinski definition) is 3. The lowest BCUT2D eigenvalue weighted by Gasteiger charge is -2.67. The lowest BCUT2D eigenvalue weighted by molar-refractivity contribution is -0.346. The molecule has 13 atom stereocenters. The molecular formula is C69H91NO18. The van der Waals surface area contributed by atoms with E-state index in [0.717, 1.165) is 33.1 Å². The molecule has 2 saturated carbocycles. The Labute approximate surface area is 517 Å². The summed E-state index contributed by atoms with van der Waals surface area (Å²) in [7, 11) is 0. The van der Waals surface area contributed by atoms with Crippen molar-refractivity contribution in [1.29, 1.82) is 0 Å². The van der Waals surface area contributed by atoms with Gasteiger partial charge in [0.25, 0.3) is 5.91 Å². The summed E-state index contributed by atoms with van der Waals surface area (Å²) in [5.41, 5.74) is -7.58. The molecule has 3 aromatic rings. The van der Waals surface area contributed by atoms with Crippen molar-refractivity contribution >= 4 is 41.7 Å². The molecule has 4 fully saturated rings. The molecule has 8 rings (SSSR count). The zero-order valence-electron chi connectivity index (χ0n) is 52.2. The molecule has 2 heterocycles. The van der Waals surface area contributed by atoms with Crippen LogP contribution in [-0.2, 0) is 61.8 Å². The Balaban J connectivity index is 1.06. The molecule has 2 bridgehead atoms. The molecule has 5 aliphatic rings. The first-order chi connectivity index (χ1) is 42.2. The van der Waals surface area contributed by atoms with Crippen LogP contribution in [0.4, 0.5) is 4.79 Å². The number of nitrogens with one attached hydrogen (secondary N) is 1. The molecule has 0 spiro atoms. The maximum absolute atomic E-state index is 15.9. The van der Waals surface area contributed by atoms with Gasteiger partial charge < -0.3 is 58.2 Å². The first kappa shape index (κ1) is 67.4. The molecule has 1 amide bonds. The largest absolute Gasteiger partial charge is 0.509 e. The third-order valence-corrected chi connectivity index (χ3v) is 18.9. The van der Waals surface area contributed by atoms with Crippen LogP contribution in [0, 0.1) is 16.7 Å². The second-order valence-corrected chi connectivity index (χ2v) is 25.3. The van der Waals surface area contributed by atoms with Crippen molar-refractivity contribution in [2.24, 2.45) is 16.7 Å². The summed E-state index contributed by atoms with van der Waals surface area (Å²) in [5, 5.41) is 29.3. The van der Waals surface area contributed by atoms with Gasteiger partial charge in [-0.05, 0) is 67.7 Å². The fourth-order valence-electron chi connectivity index (χ4n) is 14.0. The smallest absolute Gasteiger partial charge is 0.455 e. The van der Waals surface area contributed by atoms with E-state index in [1.54, 1.807) is 92.7 Å². The Morgan fingerprint density at radius 1 is 0.716 bits per heavy atom. The molecular weight excluding hydrogens is 1130 g/mol. The van der Waals surface area contributed by atoms with Crippen molar-refractivity contribution in [2.75, 3.05) is 19.8 Å². The number of hydrogen-bond acceptors (Lipinski definition) is 18. The molecule has 88 heavy (non-hydrogen) atoms. The summed E-state index contributed by atoms with van der Waals surface area (Å²) in [4.78, 5) is 101. The molecule has 3 aromatic carbocycles. The number of ether oxygens (including phenoxy) is 9. The van der Waals surface area contributed by atoms with Gasteiger partial charge >= 0.3 is 30.0 Å². The molecule has 2 saturated heterocycles. The first-order valence-electron chi connectivity index (χ1n) is 31.8. The van der Waals surface area contributed by atoms with E-state index in [-0.39, 0.29) is 48.5 Å². The predicted molar refractivity (Wildman–Crippen MR) is 322 cm³/mol. The van der Waals surface area contributed by atoms with Crippen LogP contribution in [0.1, 0.15) is 196 Å². The number of ketones is 1. The van der Waals surface area contributed by atoms with Crippen LogP contribution >= 0.6 is 0 Å². The highest BCUT2D eigenvalue weighted by molar-refractivity contribution is 5.96. The number of esters is 4. The fraction of sp³-hybridized carbons (Fsp3) is 0.609. The highest BCUT2D eigenvalue weighted by atomic mass is 16.8. The van der Waals surface area contributed by atoms with Gasteiger partial charge in [-0.15, -0.1) is 0 Å². The van der Waals surface area contributed by atoms with E-state index in [0.29, 0.717) is 12.0 Å². The molecule has 1 unspecified atom stereocenters. The number of aliphatic hydroxyl groups is 2. The third-order valence-electron chi connectivity index (χ3n) is 18.9. The van der Waals surface area contributed by atoms with E-state index in [1.807, 2.05) is 0 Å². The Morgan fingerprint density at radius 2 is 1.28 bits per heavy atom. The Bertz CT molecular complexity index is 2900.